The van der Waals surface area contributed by atoms with Crippen molar-refractivity contribution >= 4 is 29.3 Å². The van der Waals surface area contributed by atoms with E-state index in [2.05, 4.69) is 26.6 Å². The molecule has 0 spiro atoms. The summed E-state index contributed by atoms with van der Waals surface area (Å²) in [6.07, 6.45) is 12.6. The van der Waals surface area contributed by atoms with Gasteiger partial charge in [0.1, 0.15) is 6.04 Å². The summed E-state index contributed by atoms with van der Waals surface area (Å²) in [4.78, 5) is 55.2. The van der Waals surface area contributed by atoms with Crippen LogP contribution in [0.2, 0.25) is 0 Å². The van der Waals surface area contributed by atoms with E-state index in [-0.39, 0.29) is 24.0 Å². The Hall–Kier alpha value is -4.72. The van der Waals surface area contributed by atoms with Gasteiger partial charge in [0.25, 0.3) is 11.8 Å². The fourth-order valence-electron chi connectivity index (χ4n) is 4.25. The van der Waals surface area contributed by atoms with Crippen LogP contribution in [-0.2, 0) is 29.2 Å². The number of imide groups is 2. The average Bonchev–Trinajstić information content (AvgIpc) is 3.56. The van der Waals surface area contributed by atoms with Gasteiger partial charge in [0.15, 0.2) is 0 Å². The number of fused-ring (bicyclic) bond motifs is 1. The molecule has 0 saturated carbocycles. The number of benzene rings is 1. The van der Waals surface area contributed by atoms with Crippen molar-refractivity contribution in [3.8, 4) is 12.3 Å². The van der Waals surface area contributed by atoms with Gasteiger partial charge in [-0.3, -0.25) is 34.1 Å². The van der Waals surface area contributed by atoms with Gasteiger partial charge in [-0.05, 0) is 18.6 Å². The number of nitrogens with one attached hydrogen (secondary N) is 2. The number of aromatic nitrogens is 4. The van der Waals surface area contributed by atoms with Crippen molar-refractivity contribution in [1.29, 1.82) is 0 Å². The summed E-state index contributed by atoms with van der Waals surface area (Å²) in [5.74, 6) is 0.391. The maximum atomic E-state index is 13.2. The zero-order chi connectivity index (χ0) is 24.5. The van der Waals surface area contributed by atoms with E-state index in [0.717, 1.165) is 16.2 Å². The predicted octanol–water partition coefficient (Wildman–Crippen LogP) is 0.774. The number of hydrogen-bond donors (Lipinski definition) is 2. The van der Waals surface area contributed by atoms with Gasteiger partial charge in [-0.25, -0.2) is 4.98 Å². The number of hydrogen-bond acceptors (Lipinski definition) is 7. The van der Waals surface area contributed by atoms with Crippen molar-refractivity contribution in [3.05, 3.63) is 65.5 Å². The third-order valence-electron chi connectivity index (χ3n) is 6.00. The van der Waals surface area contributed by atoms with E-state index >= 15 is 0 Å². The Morgan fingerprint density at radius 1 is 1.14 bits per heavy atom. The fraction of sp³-hybridized carbons (Fsp3) is 0.250. The van der Waals surface area contributed by atoms with Crippen LogP contribution < -0.4 is 10.6 Å². The van der Waals surface area contributed by atoms with E-state index in [9.17, 15) is 19.2 Å². The second kappa shape index (κ2) is 8.90. The van der Waals surface area contributed by atoms with Gasteiger partial charge in [-0.2, -0.15) is 5.10 Å². The molecule has 1 atom stereocenters. The van der Waals surface area contributed by atoms with E-state index < -0.39 is 29.7 Å². The number of aryl methyl sites for hydroxylation is 2. The highest BCUT2D eigenvalue weighted by Crippen LogP contribution is 2.32. The van der Waals surface area contributed by atoms with E-state index in [4.69, 9.17) is 6.42 Å². The molecule has 35 heavy (non-hydrogen) atoms. The predicted molar refractivity (Wildman–Crippen MR) is 123 cm³/mol. The molecule has 0 radical (unpaired) electrons. The zero-order valence-electron chi connectivity index (χ0n) is 18.6. The van der Waals surface area contributed by atoms with Crippen LogP contribution in [0.1, 0.15) is 44.8 Å². The third-order valence-corrected chi connectivity index (χ3v) is 6.00. The second-order valence-electron chi connectivity index (χ2n) is 8.27. The van der Waals surface area contributed by atoms with Gasteiger partial charge >= 0.3 is 0 Å². The molecule has 3 aromatic rings. The Balaban J connectivity index is 1.26. The van der Waals surface area contributed by atoms with Crippen molar-refractivity contribution in [2.45, 2.75) is 38.5 Å². The molecule has 176 valence electrons. The van der Waals surface area contributed by atoms with Crippen molar-refractivity contribution in [2.75, 3.05) is 5.32 Å². The van der Waals surface area contributed by atoms with E-state index in [0.29, 0.717) is 25.3 Å². The standard InChI is InChI=1S/C24H21N7O4/c1-2-15-10-27-30(12-15)9-8-29-13-16(26-14-29)11-25-18-5-3-4-17-21(18)24(35)31(23(17)34)19-6-7-20(32)28-22(19)33/h1,3-5,10,12-14,19,25H,6-9,11H2,(H,28,32,33). The summed E-state index contributed by atoms with van der Waals surface area (Å²) in [5, 5.41) is 9.58. The number of imidazole rings is 1. The maximum absolute atomic E-state index is 13.2. The summed E-state index contributed by atoms with van der Waals surface area (Å²) in [6.45, 7) is 1.60. The van der Waals surface area contributed by atoms with Gasteiger partial charge in [-0.1, -0.05) is 12.0 Å². The van der Waals surface area contributed by atoms with Gasteiger partial charge in [0, 0.05) is 31.0 Å². The molecule has 1 saturated heterocycles. The highest BCUT2D eigenvalue weighted by Gasteiger charge is 2.45. The number of piperidine rings is 1. The number of carbonyl (C=O) groups is 4. The summed E-state index contributed by atoms with van der Waals surface area (Å²) in [7, 11) is 0. The van der Waals surface area contributed by atoms with E-state index in [1.165, 1.54) is 0 Å². The summed E-state index contributed by atoms with van der Waals surface area (Å²) in [6, 6.07) is 3.93. The molecule has 0 bridgehead atoms. The van der Waals surface area contributed by atoms with Gasteiger partial charge in [-0.15, -0.1) is 6.42 Å². The maximum Gasteiger partial charge on any atom is 0.264 e. The van der Waals surface area contributed by atoms with Crippen LogP contribution in [0, 0.1) is 12.3 Å². The lowest BCUT2D eigenvalue weighted by Crippen LogP contribution is -2.54. The Morgan fingerprint density at radius 3 is 2.77 bits per heavy atom. The quantitative estimate of drug-likeness (QED) is 0.384. The minimum Gasteiger partial charge on any atom is -0.379 e. The minimum absolute atomic E-state index is 0.0725. The second-order valence-corrected chi connectivity index (χ2v) is 8.27. The van der Waals surface area contributed by atoms with Crippen molar-refractivity contribution in [3.63, 3.8) is 0 Å². The minimum atomic E-state index is -1.00. The number of rotatable bonds is 7. The van der Waals surface area contributed by atoms with Crippen molar-refractivity contribution in [2.24, 2.45) is 0 Å². The van der Waals surface area contributed by atoms with Crippen LogP contribution in [0.5, 0.6) is 0 Å². The highest BCUT2D eigenvalue weighted by molar-refractivity contribution is 6.25. The smallest absolute Gasteiger partial charge is 0.264 e. The number of terminal acetylenes is 1. The SMILES string of the molecule is C#Cc1cnn(CCn2cnc(CNc3cccc4c3C(=O)N(C3CCC(=O)NC3=O)C4=O)c2)c1. The van der Waals surface area contributed by atoms with Crippen LogP contribution in [-0.4, -0.2) is 53.9 Å². The van der Waals surface area contributed by atoms with Crippen molar-refractivity contribution < 1.29 is 19.2 Å². The Kier molecular flexibility index (Phi) is 5.62. The van der Waals surface area contributed by atoms with E-state index in [1.54, 1.807) is 41.6 Å². The molecule has 2 N–H and O–H groups in total. The van der Waals surface area contributed by atoms with Crippen LogP contribution in [0.25, 0.3) is 0 Å². The molecule has 1 fully saturated rings. The molecule has 2 aliphatic heterocycles. The molecule has 11 nitrogen and oxygen atoms in total. The molecular weight excluding hydrogens is 450 g/mol. The Labute approximate surface area is 200 Å². The highest BCUT2D eigenvalue weighted by atomic mass is 16.2. The monoisotopic (exact) mass is 471 g/mol. The summed E-state index contributed by atoms with van der Waals surface area (Å²) >= 11 is 0. The zero-order valence-corrected chi connectivity index (χ0v) is 18.6. The number of nitrogens with zero attached hydrogens (tertiary/aromatic N) is 5. The number of anilines is 1. The molecule has 5 rings (SSSR count). The van der Waals surface area contributed by atoms with Crippen molar-refractivity contribution in [1.82, 2.24) is 29.5 Å². The summed E-state index contributed by atoms with van der Waals surface area (Å²) < 4.78 is 3.68. The average molecular weight is 471 g/mol. The molecule has 4 heterocycles. The van der Waals surface area contributed by atoms with Crippen LogP contribution in [0.15, 0.2) is 43.1 Å². The molecule has 4 amide bonds. The largest absolute Gasteiger partial charge is 0.379 e. The molecular formula is C24H21N7O4. The molecule has 2 aliphatic rings. The van der Waals surface area contributed by atoms with Crippen LogP contribution in [0.3, 0.4) is 0 Å². The Morgan fingerprint density at radius 2 is 2.00 bits per heavy atom. The van der Waals surface area contributed by atoms with Crippen LogP contribution >= 0.6 is 0 Å². The van der Waals surface area contributed by atoms with Crippen LogP contribution in [0.4, 0.5) is 5.69 Å². The number of carbonyl (C=O) groups excluding carboxylic acids is 4. The first kappa shape index (κ1) is 22.1. The molecule has 1 unspecified atom stereocenters. The third kappa shape index (κ3) is 4.17. The van der Waals surface area contributed by atoms with Gasteiger partial charge in [0.2, 0.25) is 11.8 Å². The molecule has 1 aromatic carbocycles. The van der Waals surface area contributed by atoms with E-state index in [1.807, 2.05) is 10.8 Å². The first-order valence-electron chi connectivity index (χ1n) is 11.0. The summed E-state index contributed by atoms with van der Waals surface area (Å²) in [5.41, 5.74) is 2.38. The molecule has 0 aliphatic carbocycles. The molecule has 11 heteroatoms. The molecule has 2 aromatic heterocycles. The van der Waals surface area contributed by atoms with Gasteiger partial charge < -0.3 is 9.88 Å². The Bertz CT molecular complexity index is 1400. The lowest BCUT2D eigenvalue weighted by Gasteiger charge is -2.27. The topological polar surface area (TPSA) is 131 Å². The first-order chi connectivity index (χ1) is 16.9. The number of amides is 4. The first-order valence-corrected chi connectivity index (χ1v) is 11.0. The lowest BCUT2D eigenvalue weighted by atomic mass is 10.0. The lowest BCUT2D eigenvalue weighted by molar-refractivity contribution is -0.136. The normalized spacial score (nSPS) is 17.3. The van der Waals surface area contributed by atoms with Gasteiger partial charge in [0.05, 0.1) is 48.0 Å². The fourth-order valence-corrected chi connectivity index (χ4v) is 4.25.